The molecule has 134 valence electrons. The van der Waals surface area contributed by atoms with Gasteiger partial charge in [-0.25, -0.2) is 9.78 Å². The van der Waals surface area contributed by atoms with Crippen molar-refractivity contribution in [3.63, 3.8) is 0 Å². The van der Waals surface area contributed by atoms with Gasteiger partial charge in [-0.05, 0) is 29.8 Å². The highest BCUT2D eigenvalue weighted by Crippen LogP contribution is 2.35. The molecule has 7 nitrogen and oxygen atoms in total. The van der Waals surface area contributed by atoms with E-state index >= 15 is 0 Å². The van der Waals surface area contributed by atoms with Crippen LogP contribution in [0.25, 0.3) is 10.9 Å². The lowest BCUT2D eigenvalue weighted by molar-refractivity contribution is 0.0602. The van der Waals surface area contributed by atoms with Crippen molar-refractivity contribution in [2.75, 3.05) is 26.6 Å². The van der Waals surface area contributed by atoms with Gasteiger partial charge in [0.15, 0.2) is 11.5 Å². The van der Waals surface area contributed by atoms with Crippen LogP contribution >= 0.6 is 11.6 Å². The van der Waals surface area contributed by atoms with Crippen molar-refractivity contribution in [3.05, 3.63) is 47.2 Å². The Hall–Kier alpha value is -3.06. The quantitative estimate of drug-likeness (QED) is 0.537. The van der Waals surface area contributed by atoms with Crippen LogP contribution in [0.2, 0.25) is 5.28 Å². The summed E-state index contributed by atoms with van der Waals surface area (Å²) in [5.41, 5.74) is 1.48. The molecule has 1 N–H and O–H groups in total. The number of anilines is 2. The van der Waals surface area contributed by atoms with E-state index in [2.05, 4.69) is 15.3 Å². The monoisotopic (exact) mass is 373 g/mol. The fourth-order valence-electron chi connectivity index (χ4n) is 2.53. The van der Waals surface area contributed by atoms with Gasteiger partial charge in [0.25, 0.3) is 0 Å². The zero-order chi connectivity index (χ0) is 18.7. The van der Waals surface area contributed by atoms with Crippen LogP contribution in [0, 0.1) is 0 Å². The smallest absolute Gasteiger partial charge is 0.339 e. The van der Waals surface area contributed by atoms with Crippen molar-refractivity contribution < 1.29 is 19.0 Å². The molecule has 3 rings (SSSR count). The Labute approximate surface area is 154 Å². The van der Waals surface area contributed by atoms with Crippen molar-refractivity contribution in [2.24, 2.45) is 0 Å². The van der Waals surface area contributed by atoms with Crippen LogP contribution in [0.5, 0.6) is 11.5 Å². The lowest BCUT2D eigenvalue weighted by Gasteiger charge is -2.14. The number of ether oxygens (including phenoxy) is 3. The van der Waals surface area contributed by atoms with Gasteiger partial charge in [0.2, 0.25) is 5.28 Å². The predicted molar refractivity (Wildman–Crippen MR) is 98.7 cm³/mol. The molecule has 0 radical (unpaired) electrons. The molecular formula is C18H16ClN3O4. The third-order valence-corrected chi connectivity index (χ3v) is 3.93. The number of hydrogen-bond donors (Lipinski definition) is 1. The topological polar surface area (TPSA) is 82.6 Å². The van der Waals surface area contributed by atoms with Gasteiger partial charge in [-0.3, -0.25) is 0 Å². The number of benzene rings is 2. The molecule has 0 unspecified atom stereocenters. The first-order valence-electron chi connectivity index (χ1n) is 7.61. The summed E-state index contributed by atoms with van der Waals surface area (Å²) in [6, 6.07) is 10.4. The van der Waals surface area contributed by atoms with Crippen molar-refractivity contribution >= 4 is 40.0 Å². The summed E-state index contributed by atoms with van der Waals surface area (Å²) in [4.78, 5) is 20.5. The number of rotatable bonds is 5. The second kappa shape index (κ2) is 7.45. The summed E-state index contributed by atoms with van der Waals surface area (Å²) in [6.45, 7) is 0. The number of carbonyl (C=O) groups excluding carboxylic acids is 1. The molecular weight excluding hydrogens is 358 g/mol. The van der Waals surface area contributed by atoms with E-state index in [0.29, 0.717) is 39.5 Å². The number of nitrogens with one attached hydrogen (secondary N) is 1. The minimum atomic E-state index is -0.461. The van der Waals surface area contributed by atoms with Gasteiger partial charge in [0, 0.05) is 11.5 Å². The lowest BCUT2D eigenvalue weighted by Crippen LogP contribution is -2.06. The standard InChI is InChI=1S/C18H16ClN3O4/c1-24-14-8-11-13(9-15(14)25-2)21-18(19)22-16(11)20-12-7-5-4-6-10(12)17(23)26-3/h4-9H,1-3H3,(H,20,21,22). The molecule has 8 heteroatoms. The molecule has 0 amide bonds. The number of esters is 1. The summed E-state index contributed by atoms with van der Waals surface area (Å²) in [6.07, 6.45) is 0. The molecule has 26 heavy (non-hydrogen) atoms. The van der Waals surface area contributed by atoms with E-state index in [1.54, 1.807) is 43.5 Å². The zero-order valence-electron chi connectivity index (χ0n) is 14.4. The summed E-state index contributed by atoms with van der Waals surface area (Å²) in [7, 11) is 4.41. The molecule has 3 aromatic rings. The number of halogens is 1. The maximum atomic E-state index is 12.0. The van der Waals surface area contributed by atoms with Gasteiger partial charge in [-0.1, -0.05) is 12.1 Å². The number of para-hydroxylation sites is 1. The molecule has 0 aliphatic rings. The highest BCUT2D eigenvalue weighted by Gasteiger charge is 2.16. The Morgan fingerprint density at radius 1 is 1.04 bits per heavy atom. The SMILES string of the molecule is COC(=O)c1ccccc1Nc1nc(Cl)nc2cc(OC)c(OC)cc12. The van der Waals surface area contributed by atoms with Gasteiger partial charge < -0.3 is 19.5 Å². The minimum Gasteiger partial charge on any atom is -0.493 e. The van der Waals surface area contributed by atoms with Crippen LogP contribution in [0.15, 0.2) is 36.4 Å². The Bertz CT molecular complexity index is 978. The van der Waals surface area contributed by atoms with E-state index in [1.165, 1.54) is 14.2 Å². The summed E-state index contributed by atoms with van der Waals surface area (Å²) in [5, 5.41) is 3.84. The van der Waals surface area contributed by atoms with E-state index in [0.717, 1.165) is 0 Å². The lowest BCUT2D eigenvalue weighted by atomic mass is 10.1. The predicted octanol–water partition coefficient (Wildman–Crippen LogP) is 3.83. The maximum Gasteiger partial charge on any atom is 0.339 e. The normalized spacial score (nSPS) is 10.5. The fourth-order valence-corrected chi connectivity index (χ4v) is 2.71. The summed E-state index contributed by atoms with van der Waals surface area (Å²) in [5.74, 6) is 1.01. The average molecular weight is 374 g/mol. The van der Waals surface area contributed by atoms with Crippen LogP contribution in [-0.2, 0) is 4.74 Å². The minimum absolute atomic E-state index is 0.0581. The van der Waals surface area contributed by atoms with Crippen LogP contribution in [0.3, 0.4) is 0 Å². The largest absolute Gasteiger partial charge is 0.493 e. The van der Waals surface area contributed by atoms with Gasteiger partial charge in [0.05, 0.1) is 38.1 Å². The molecule has 0 atom stereocenters. The third kappa shape index (κ3) is 3.34. The van der Waals surface area contributed by atoms with Crippen LogP contribution in [-0.4, -0.2) is 37.3 Å². The van der Waals surface area contributed by atoms with E-state index in [4.69, 9.17) is 25.8 Å². The van der Waals surface area contributed by atoms with Crippen LogP contribution in [0.4, 0.5) is 11.5 Å². The third-order valence-electron chi connectivity index (χ3n) is 3.76. The van der Waals surface area contributed by atoms with E-state index < -0.39 is 5.97 Å². The first-order chi connectivity index (χ1) is 12.6. The van der Waals surface area contributed by atoms with Crippen molar-refractivity contribution in [2.45, 2.75) is 0 Å². The number of methoxy groups -OCH3 is 3. The van der Waals surface area contributed by atoms with Gasteiger partial charge in [0.1, 0.15) is 5.82 Å². The van der Waals surface area contributed by atoms with Crippen molar-refractivity contribution in [3.8, 4) is 11.5 Å². The average Bonchev–Trinajstić information content (AvgIpc) is 2.66. The second-order valence-corrected chi connectivity index (χ2v) is 5.57. The van der Waals surface area contributed by atoms with E-state index in [1.807, 2.05) is 0 Å². The van der Waals surface area contributed by atoms with E-state index in [-0.39, 0.29) is 5.28 Å². The molecule has 0 spiro atoms. The fraction of sp³-hybridized carbons (Fsp3) is 0.167. The van der Waals surface area contributed by atoms with Crippen LogP contribution in [0.1, 0.15) is 10.4 Å². The molecule has 1 aromatic heterocycles. The van der Waals surface area contributed by atoms with Crippen LogP contribution < -0.4 is 14.8 Å². The first-order valence-corrected chi connectivity index (χ1v) is 7.98. The number of nitrogens with zero attached hydrogens (tertiary/aromatic N) is 2. The Morgan fingerprint density at radius 2 is 1.73 bits per heavy atom. The Kier molecular flexibility index (Phi) is 5.09. The Balaban J connectivity index is 2.15. The van der Waals surface area contributed by atoms with Crippen molar-refractivity contribution in [1.29, 1.82) is 0 Å². The first kappa shape index (κ1) is 17.8. The highest BCUT2D eigenvalue weighted by atomic mass is 35.5. The highest BCUT2D eigenvalue weighted by molar-refractivity contribution is 6.29. The molecule has 0 aliphatic heterocycles. The van der Waals surface area contributed by atoms with E-state index in [9.17, 15) is 4.79 Å². The molecule has 0 fully saturated rings. The molecule has 1 heterocycles. The second-order valence-electron chi connectivity index (χ2n) is 5.23. The zero-order valence-corrected chi connectivity index (χ0v) is 15.1. The Morgan fingerprint density at radius 3 is 2.42 bits per heavy atom. The molecule has 0 saturated heterocycles. The van der Waals surface area contributed by atoms with Crippen molar-refractivity contribution in [1.82, 2.24) is 9.97 Å². The number of fused-ring (bicyclic) bond motifs is 1. The molecule has 0 aliphatic carbocycles. The summed E-state index contributed by atoms with van der Waals surface area (Å²) < 4.78 is 15.5. The molecule has 0 saturated carbocycles. The molecule has 2 aromatic carbocycles. The molecule has 0 bridgehead atoms. The summed E-state index contributed by atoms with van der Waals surface area (Å²) >= 11 is 6.06. The maximum absolute atomic E-state index is 12.0. The van der Waals surface area contributed by atoms with Gasteiger partial charge >= 0.3 is 5.97 Å². The number of aromatic nitrogens is 2. The van der Waals surface area contributed by atoms with Gasteiger partial charge in [-0.15, -0.1) is 0 Å². The number of hydrogen-bond acceptors (Lipinski definition) is 7. The van der Waals surface area contributed by atoms with Gasteiger partial charge in [-0.2, -0.15) is 4.98 Å². The number of carbonyl (C=O) groups is 1.